The highest BCUT2D eigenvalue weighted by Gasteiger charge is 2.20. The second-order valence-corrected chi connectivity index (χ2v) is 9.09. The van der Waals surface area contributed by atoms with Crippen LogP contribution >= 0.6 is 0 Å². The molecule has 0 N–H and O–H groups in total. The molecule has 0 fully saturated rings. The van der Waals surface area contributed by atoms with Crippen LogP contribution in [0.3, 0.4) is 0 Å². The van der Waals surface area contributed by atoms with E-state index in [-0.39, 0.29) is 29.2 Å². The summed E-state index contributed by atoms with van der Waals surface area (Å²) in [6.07, 6.45) is 1.66. The van der Waals surface area contributed by atoms with Crippen molar-refractivity contribution >= 4 is 33.0 Å². The Balaban J connectivity index is 1.67. The van der Waals surface area contributed by atoms with Gasteiger partial charge in [-0.15, -0.1) is 0 Å². The van der Waals surface area contributed by atoms with Crippen molar-refractivity contribution in [3.05, 3.63) is 47.7 Å². The van der Waals surface area contributed by atoms with E-state index in [9.17, 15) is 18.0 Å². The third-order valence-electron chi connectivity index (χ3n) is 4.79. The first-order valence-electron chi connectivity index (χ1n) is 9.33. The Labute approximate surface area is 179 Å². The van der Waals surface area contributed by atoms with Gasteiger partial charge in [-0.05, 0) is 24.3 Å². The van der Waals surface area contributed by atoms with Gasteiger partial charge in [0.05, 0.1) is 35.7 Å². The Morgan fingerprint density at radius 3 is 2.65 bits per heavy atom. The number of hydrogen-bond donors (Lipinski definition) is 0. The largest absolute Gasteiger partial charge is 0.465 e. The van der Waals surface area contributed by atoms with E-state index in [1.54, 1.807) is 17.7 Å². The lowest BCUT2D eigenvalue weighted by Gasteiger charge is -2.10. The molecule has 0 aliphatic carbocycles. The molecule has 0 amide bonds. The summed E-state index contributed by atoms with van der Waals surface area (Å²) in [7, 11) is 2.40. The minimum atomic E-state index is -3.57. The quantitative estimate of drug-likeness (QED) is 0.478. The van der Waals surface area contributed by atoms with Gasteiger partial charge in [0.1, 0.15) is 18.0 Å². The predicted octanol–water partition coefficient (Wildman–Crippen LogP) is 1.88. The van der Waals surface area contributed by atoms with Crippen molar-refractivity contribution in [1.82, 2.24) is 13.9 Å². The maximum atomic E-state index is 12.3. The SMILES string of the molecule is COC(=O)c1ccoc1COC(=O)CCc1nc2cc(S(=O)(=O)N(C)C)ccc2n1C. The standard InChI is InChI=1S/C20H23N3O7S/c1-22(2)31(26,27)13-5-6-16-15(11-13)21-18(23(16)3)7-8-19(24)30-12-17-14(9-10-29-17)20(25)28-4/h5-6,9-11H,7-8,12H2,1-4H3. The number of aryl methyl sites for hydroxylation is 2. The number of esters is 2. The molecule has 3 rings (SSSR count). The zero-order valence-electron chi connectivity index (χ0n) is 17.6. The van der Waals surface area contributed by atoms with Crippen molar-refractivity contribution in [1.29, 1.82) is 0 Å². The van der Waals surface area contributed by atoms with Gasteiger partial charge in [-0.1, -0.05) is 0 Å². The lowest BCUT2D eigenvalue weighted by molar-refractivity contribution is -0.145. The zero-order valence-corrected chi connectivity index (χ0v) is 18.4. The minimum absolute atomic E-state index is 0.0499. The molecule has 1 aromatic carbocycles. The molecule has 0 bridgehead atoms. The second kappa shape index (κ2) is 8.90. The summed E-state index contributed by atoms with van der Waals surface area (Å²) >= 11 is 0. The molecule has 31 heavy (non-hydrogen) atoms. The Morgan fingerprint density at radius 1 is 1.23 bits per heavy atom. The zero-order chi connectivity index (χ0) is 22.8. The van der Waals surface area contributed by atoms with E-state index in [0.29, 0.717) is 17.8 Å². The number of ether oxygens (including phenoxy) is 2. The van der Waals surface area contributed by atoms with Crippen LogP contribution in [0.1, 0.15) is 28.4 Å². The van der Waals surface area contributed by atoms with Crippen molar-refractivity contribution in [3.8, 4) is 0 Å². The molecule has 11 heteroatoms. The number of carbonyl (C=O) groups is 2. The number of nitrogens with zero attached hydrogens (tertiary/aromatic N) is 3. The van der Waals surface area contributed by atoms with Crippen molar-refractivity contribution < 1.29 is 31.9 Å². The summed E-state index contributed by atoms with van der Waals surface area (Å²) in [5.41, 5.74) is 1.47. The van der Waals surface area contributed by atoms with E-state index >= 15 is 0 Å². The Kier molecular flexibility index (Phi) is 6.46. The van der Waals surface area contributed by atoms with Gasteiger partial charge in [-0.3, -0.25) is 4.79 Å². The van der Waals surface area contributed by atoms with Gasteiger partial charge in [-0.25, -0.2) is 22.5 Å². The molecule has 3 aromatic rings. The number of methoxy groups -OCH3 is 1. The third-order valence-corrected chi connectivity index (χ3v) is 6.60. The summed E-state index contributed by atoms with van der Waals surface area (Å²) in [4.78, 5) is 28.4. The molecule has 0 radical (unpaired) electrons. The first-order chi connectivity index (χ1) is 14.6. The van der Waals surface area contributed by atoms with Gasteiger partial charge in [-0.2, -0.15) is 0 Å². The van der Waals surface area contributed by atoms with Crippen LogP contribution in [0.15, 0.2) is 39.8 Å². The third kappa shape index (κ3) is 4.62. The number of carbonyl (C=O) groups excluding carboxylic acids is 2. The smallest absolute Gasteiger partial charge is 0.341 e. The number of hydrogen-bond acceptors (Lipinski definition) is 8. The molecule has 166 valence electrons. The van der Waals surface area contributed by atoms with Crippen LogP contribution in [0, 0.1) is 0 Å². The van der Waals surface area contributed by atoms with Crippen LogP contribution in [0.25, 0.3) is 11.0 Å². The van der Waals surface area contributed by atoms with E-state index < -0.39 is 22.0 Å². The van der Waals surface area contributed by atoms with E-state index in [0.717, 1.165) is 9.82 Å². The maximum Gasteiger partial charge on any atom is 0.341 e. The normalized spacial score (nSPS) is 11.8. The molecule has 0 spiro atoms. The van der Waals surface area contributed by atoms with Gasteiger partial charge >= 0.3 is 11.9 Å². The number of furan rings is 1. The van der Waals surface area contributed by atoms with Crippen LogP contribution in [-0.4, -0.2) is 55.4 Å². The van der Waals surface area contributed by atoms with E-state index in [1.807, 2.05) is 0 Å². The Bertz CT molecular complexity index is 1220. The summed E-state index contributed by atoms with van der Waals surface area (Å²) in [5, 5.41) is 0. The number of aromatic nitrogens is 2. The Hall–Kier alpha value is -3.18. The number of fused-ring (bicyclic) bond motifs is 1. The van der Waals surface area contributed by atoms with Gasteiger partial charge in [0, 0.05) is 27.6 Å². The highest BCUT2D eigenvalue weighted by atomic mass is 32.2. The molecule has 0 atom stereocenters. The highest BCUT2D eigenvalue weighted by molar-refractivity contribution is 7.89. The van der Waals surface area contributed by atoms with Crippen LogP contribution in [0.5, 0.6) is 0 Å². The summed E-state index contributed by atoms with van der Waals surface area (Å²) in [6.45, 7) is -0.190. The van der Waals surface area contributed by atoms with Crippen molar-refractivity contribution in [2.24, 2.45) is 7.05 Å². The number of benzene rings is 1. The molecule has 0 aliphatic rings. The van der Waals surface area contributed by atoms with E-state index in [4.69, 9.17) is 9.15 Å². The fourth-order valence-electron chi connectivity index (χ4n) is 3.00. The van der Waals surface area contributed by atoms with Crippen LogP contribution in [-0.2, 0) is 44.4 Å². The lowest BCUT2D eigenvalue weighted by Crippen LogP contribution is -2.22. The number of rotatable bonds is 8. The maximum absolute atomic E-state index is 12.3. The monoisotopic (exact) mass is 449 g/mol. The van der Waals surface area contributed by atoms with Crippen molar-refractivity contribution in [2.45, 2.75) is 24.3 Å². The van der Waals surface area contributed by atoms with Gasteiger partial charge in [0.25, 0.3) is 0 Å². The van der Waals surface area contributed by atoms with Gasteiger partial charge in [0.2, 0.25) is 10.0 Å². The summed E-state index contributed by atoms with van der Waals surface area (Å²) in [6, 6.07) is 6.17. The van der Waals surface area contributed by atoms with Crippen molar-refractivity contribution in [3.63, 3.8) is 0 Å². The van der Waals surface area contributed by atoms with Crippen LogP contribution < -0.4 is 0 Å². The highest BCUT2D eigenvalue weighted by Crippen LogP contribution is 2.22. The number of sulfonamides is 1. The molecule has 0 saturated carbocycles. The fraction of sp³-hybridized carbons (Fsp3) is 0.350. The molecule has 2 aromatic heterocycles. The average Bonchev–Trinajstić information content (AvgIpc) is 3.34. The number of imidazole rings is 1. The van der Waals surface area contributed by atoms with E-state index in [2.05, 4.69) is 9.72 Å². The van der Waals surface area contributed by atoms with Crippen LogP contribution in [0.2, 0.25) is 0 Å². The average molecular weight is 449 g/mol. The van der Waals surface area contributed by atoms with Gasteiger partial charge < -0.3 is 18.5 Å². The first-order valence-corrected chi connectivity index (χ1v) is 10.8. The molecule has 2 heterocycles. The molecule has 0 unspecified atom stereocenters. The second-order valence-electron chi connectivity index (χ2n) is 6.93. The molecule has 10 nitrogen and oxygen atoms in total. The van der Waals surface area contributed by atoms with Crippen molar-refractivity contribution in [2.75, 3.05) is 21.2 Å². The molecule has 0 saturated heterocycles. The fourth-order valence-corrected chi connectivity index (χ4v) is 3.92. The van der Waals surface area contributed by atoms with E-state index in [1.165, 1.54) is 45.7 Å². The Morgan fingerprint density at radius 2 is 1.97 bits per heavy atom. The van der Waals surface area contributed by atoms with Crippen LogP contribution in [0.4, 0.5) is 0 Å². The lowest BCUT2D eigenvalue weighted by atomic mass is 10.2. The molecular formula is C20H23N3O7S. The first kappa shape index (κ1) is 22.5. The molecular weight excluding hydrogens is 426 g/mol. The minimum Gasteiger partial charge on any atom is -0.465 e. The van der Waals surface area contributed by atoms with Gasteiger partial charge in [0.15, 0.2) is 5.76 Å². The summed E-state index contributed by atoms with van der Waals surface area (Å²) in [5.74, 6) is -0.248. The topological polar surface area (TPSA) is 121 Å². The summed E-state index contributed by atoms with van der Waals surface area (Å²) < 4.78 is 42.6. The molecule has 0 aliphatic heterocycles. The predicted molar refractivity (Wildman–Crippen MR) is 110 cm³/mol.